The quantitative estimate of drug-likeness (QED) is 0.867. The van der Waals surface area contributed by atoms with Crippen LogP contribution in [0.3, 0.4) is 0 Å². The van der Waals surface area contributed by atoms with Crippen LogP contribution in [0.1, 0.15) is 50.2 Å². The Labute approximate surface area is 119 Å². The number of hydrogen-bond acceptors (Lipinski definition) is 3. The van der Waals surface area contributed by atoms with Gasteiger partial charge in [0.1, 0.15) is 11.5 Å². The number of carboxylic acid groups (broad SMARTS) is 1. The van der Waals surface area contributed by atoms with E-state index in [-0.39, 0.29) is 17.8 Å². The standard InChI is InChI=1S/C16H22O4/c1-10(2)14-12(19-3)6-5-11(15(14)20-4)16(7-8-16)9-13(17)18/h5-6,10H,7-9H2,1-4H3,(H,17,18). The van der Waals surface area contributed by atoms with E-state index in [1.165, 1.54) is 0 Å². The Kier molecular flexibility index (Phi) is 3.93. The topological polar surface area (TPSA) is 55.8 Å². The first-order valence-electron chi connectivity index (χ1n) is 6.92. The van der Waals surface area contributed by atoms with Crippen LogP contribution in [-0.2, 0) is 10.2 Å². The summed E-state index contributed by atoms with van der Waals surface area (Å²) in [5.74, 6) is 1.08. The van der Waals surface area contributed by atoms with Gasteiger partial charge in [0.05, 0.1) is 20.6 Å². The van der Waals surface area contributed by atoms with Crippen molar-refractivity contribution in [2.24, 2.45) is 0 Å². The van der Waals surface area contributed by atoms with Crippen molar-refractivity contribution in [3.05, 3.63) is 23.3 Å². The molecule has 0 aliphatic heterocycles. The van der Waals surface area contributed by atoms with Crippen LogP contribution in [-0.4, -0.2) is 25.3 Å². The number of methoxy groups -OCH3 is 2. The monoisotopic (exact) mass is 278 g/mol. The highest BCUT2D eigenvalue weighted by atomic mass is 16.5. The van der Waals surface area contributed by atoms with Gasteiger partial charge in [-0.25, -0.2) is 0 Å². The minimum Gasteiger partial charge on any atom is -0.496 e. The van der Waals surface area contributed by atoms with Gasteiger partial charge in [-0.3, -0.25) is 4.79 Å². The van der Waals surface area contributed by atoms with Crippen molar-refractivity contribution in [2.75, 3.05) is 14.2 Å². The lowest BCUT2D eigenvalue weighted by Gasteiger charge is -2.23. The molecule has 1 aliphatic rings. The average Bonchev–Trinajstić information content (AvgIpc) is 3.16. The fourth-order valence-electron chi connectivity index (χ4n) is 2.93. The minimum absolute atomic E-state index is 0.160. The number of hydrogen-bond donors (Lipinski definition) is 1. The van der Waals surface area contributed by atoms with Gasteiger partial charge in [0.2, 0.25) is 0 Å². The third-order valence-electron chi connectivity index (χ3n) is 4.07. The Morgan fingerprint density at radius 3 is 2.35 bits per heavy atom. The Balaban J connectivity index is 2.55. The average molecular weight is 278 g/mol. The smallest absolute Gasteiger partial charge is 0.304 e. The van der Waals surface area contributed by atoms with E-state index in [1.54, 1.807) is 14.2 Å². The molecule has 4 nitrogen and oxygen atoms in total. The van der Waals surface area contributed by atoms with Gasteiger partial charge in [-0.1, -0.05) is 19.9 Å². The molecule has 4 heteroatoms. The predicted octanol–water partition coefficient (Wildman–Crippen LogP) is 3.33. The third kappa shape index (κ3) is 2.47. The van der Waals surface area contributed by atoms with E-state index in [0.717, 1.165) is 35.5 Å². The van der Waals surface area contributed by atoms with Gasteiger partial charge in [-0.05, 0) is 24.8 Å². The second-order valence-corrected chi connectivity index (χ2v) is 5.77. The SMILES string of the molecule is COc1ccc(C2(CC(=O)O)CC2)c(OC)c1C(C)C. The highest BCUT2D eigenvalue weighted by molar-refractivity contribution is 5.71. The molecule has 0 spiro atoms. The zero-order valence-corrected chi connectivity index (χ0v) is 12.5. The first-order valence-corrected chi connectivity index (χ1v) is 6.92. The summed E-state index contributed by atoms with van der Waals surface area (Å²) in [5.41, 5.74) is 1.77. The summed E-state index contributed by atoms with van der Waals surface area (Å²) in [4.78, 5) is 11.1. The summed E-state index contributed by atoms with van der Waals surface area (Å²) in [5, 5.41) is 9.13. The van der Waals surface area contributed by atoms with Crippen molar-refractivity contribution in [1.29, 1.82) is 0 Å². The van der Waals surface area contributed by atoms with Crippen molar-refractivity contribution in [3.63, 3.8) is 0 Å². The normalized spacial score (nSPS) is 16.1. The Morgan fingerprint density at radius 1 is 1.30 bits per heavy atom. The summed E-state index contributed by atoms with van der Waals surface area (Å²) in [7, 11) is 3.28. The highest BCUT2D eigenvalue weighted by Gasteiger charge is 2.48. The first-order chi connectivity index (χ1) is 9.45. The maximum absolute atomic E-state index is 11.1. The first kappa shape index (κ1) is 14.7. The van der Waals surface area contributed by atoms with Gasteiger partial charge in [0, 0.05) is 16.5 Å². The van der Waals surface area contributed by atoms with Crippen LogP contribution in [0.2, 0.25) is 0 Å². The zero-order chi connectivity index (χ0) is 14.9. The number of aliphatic carboxylic acids is 1. The van der Waals surface area contributed by atoms with Crippen molar-refractivity contribution < 1.29 is 19.4 Å². The molecule has 0 atom stereocenters. The summed E-state index contributed by atoms with van der Waals surface area (Å²) < 4.78 is 11.0. The Morgan fingerprint density at radius 2 is 1.95 bits per heavy atom. The van der Waals surface area contributed by atoms with Crippen LogP contribution >= 0.6 is 0 Å². The van der Waals surface area contributed by atoms with Crippen molar-refractivity contribution >= 4 is 5.97 Å². The van der Waals surface area contributed by atoms with Crippen molar-refractivity contribution in [3.8, 4) is 11.5 Å². The molecular formula is C16H22O4. The number of carboxylic acids is 1. The Hall–Kier alpha value is -1.71. The van der Waals surface area contributed by atoms with E-state index in [0.29, 0.717) is 0 Å². The Bertz CT molecular complexity index is 515. The lowest BCUT2D eigenvalue weighted by molar-refractivity contribution is -0.137. The predicted molar refractivity (Wildman–Crippen MR) is 76.8 cm³/mol. The fourth-order valence-corrected chi connectivity index (χ4v) is 2.93. The van der Waals surface area contributed by atoms with Crippen LogP contribution < -0.4 is 9.47 Å². The molecule has 1 N–H and O–H groups in total. The van der Waals surface area contributed by atoms with Gasteiger partial charge in [-0.2, -0.15) is 0 Å². The molecule has 0 amide bonds. The molecule has 0 aromatic heterocycles. The maximum atomic E-state index is 11.1. The number of rotatable bonds is 6. The van der Waals surface area contributed by atoms with Crippen LogP contribution in [0, 0.1) is 0 Å². The summed E-state index contributed by atoms with van der Waals surface area (Å²) in [6, 6.07) is 3.88. The lowest BCUT2D eigenvalue weighted by Crippen LogP contribution is -2.15. The van der Waals surface area contributed by atoms with E-state index in [4.69, 9.17) is 14.6 Å². The molecule has 1 aliphatic carbocycles. The molecule has 0 bridgehead atoms. The largest absolute Gasteiger partial charge is 0.496 e. The van der Waals surface area contributed by atoms with Crippen molar-refractivity contribution in [1.82, 2.24) is 0 Å². The summed E-state index contributed by atoms with van der Waals surface area (Å²) in [6.45, 7) is 4.17. The van der Waals surface area contributed by atoms with Crippen molar-refractivity contribution in [2.45, 2.75) is 44.4 Å². The summed E-state index contributed by atoms with van der Waals surface area (Å²) >= 11 is 0. The second-order valence-electron chi connectivity index (χ2n) is 5.77. The molecule has 1 aromatic rings. The van der Waals surface area contributed by atoms with Crippen LogP contribution in [0.4, 0.5) is 0 Å². The molecule has 0 radical (unpaired) electrons. The number of benzene rings is 1. The van der Waals surface area contributed by atoms with Gasteiger partial charge < -0.3 is 14.6 Å². The zero-order valence-electron chi connectivity index (χ0n) is 12.5. The van der Waals surface area contributed by atoms with E-state index in [9.17, 15) is 4.79 Å². The number of ether oxygens (including phenoxy) is 2. The van der Waals surface area contributed by atoms with E-state index in [2.05, 4.69) is 13.8 Å². The second kappa shape index (κ2) is 5.35. The molecule has 1 saturated carbocycles. The minimum atomic E-state index is -0.758. The molecule has 1 fully saturated rings. The van der Waals surface area contributed by atoms with Crippen LogP contribution in [0.5, 0.6) is 11.5 Å². The molecule has 0 unspecified atom stereocenters. The van der Waals surface area contributed by atoms with E-state index >= 15 is 0 Å². The highest BCUT2D eigenvalue weighted by Crippen LogP contribution is 2.56. The molecule has 0 heterocycles. The molecule has 0 saturated heterocycles. The van der Waals surface area contributed by atoms with Gasteiger partial charge in [0.15, 0.2) is 0 Å². The fraction of sp³-hybridized carbons (Fsp3) is 0.562. The molecule has 20 heavy (non-hydrogen) atoms. The van der Waals surface area contributed by atoms with Gasteiger partial charge in [0.25, 0.3) is 0 Å². The molecule has 1 aromatic carbocycles. The van der Waals surface area contributed by atoms with E-state index in [1.807, 2.05) is 12.1 Å². The summed E-state index contributed by atoms with van der Waals surface area (Å²) in [6.07, 6.45) is 1.96. The number of carbonyl (C=O) groups is 1. The lowest BCUT2D eigenvalue weighted by atomic mass is 9.87. The molecule has 110 valence electrons. The van der Waals surface area contributed by atoms with Crippen LogP contribution in [0.25, 0.3) is 0 Å². The maximum Gasteiger partial charge on any atom is 0.304 e. The van der Waals surface area contributed by atoms with Gasteiger partial charge >= 0.3 is 5.97 Å². The van der Waals surface area contributed by atoms with Gasteiger partial charge in [-0.15, -0.1) is 0 Å². The third-order valence-corrected chi connectivity index (χ3v) is 4.07. The van der Waals surface area contributed by atoms with Crippen LogP contribution in [0.15, 0.2) is 12.1 Å². The molecule has 2 rings (SSSR count). The van der Waals surface area contributed by atoms with E-state index < -0.39 is 5.97 Å². The molecular weight excluding hydrogens is 256 g/mol.